The third kappa shape index (κ3) is 6.72. The van der Waals surface area contributed by atoms with Crippen LogP contribution in [-0.4, -0.2) is 34.9 Å². The molecular weight excluding hydrogens is 399 g/mol. The van der Waals surface area contributed by atoms with E-state index in [9.17, 15) is 14.0 Å². The van der Waals surface area contributed by atoms with Crippen LogP contribution in [0.15, 0.2) is 73.1 Å². The van der Waals surface area contributed by atoms with Crippen LogP contribution in [0, 0.1) is 5.82 Å². The van der Waals surface area contributed by atoms with Gasteiger partial charge in [0.05, 0.1) is 6.54 Å². The number of carboxylic acids is 1. The van der Waals surface area contributed by atoms with Gasteiger partial charge in [0.15, 0.2) is 5.78 Å². The van der Waals surface area contributed by atoms with Crippen molar-refractivity contribution in [3.8, 4) is 5.75 Å². The lowest BCUT2D eigenvalue weighted by Crippen LogP contribution is -2.24. The third-order valence-corrected chi connectivity index (χ3v) is 4.65. The zero-order valence-corrected chi connectivity index (χ0v) is 16.8. The minimum Gasteiger partial charge on any atom is -0.486 e. The van der Waals surface area contributed by atoms with Crippen molar-refractivity contribution in [2.45, 2.75) is 18.9 Å². The Bertz CT molecular complexity index is 1010. The summed E-state index contributed by atoms with van der Waals surface area (Å²) in [5.41, 5.74) is 1.82. The van der Waals surface area contributed by atoms with Crippen molar-refractivity contribution in [3.05, 3.63) is 95.6 Å². The second-order valence-corrected chi connectivity index (χ2v) is 6.96. The highest BCUT2D eigenvalue weighted by molar-refractivity contribution is 6.09. The first-order valence-electron chi connectivity index (χ1n) is 9.92. The Labute approximate surface area is 179 Å². The molecule has 31 heavy (non-hydrogen) atoms. The van der Waals surface area contributed by atoms with Crippen molar-refractivity contribution in [1.82, 2.24) is 10.3 Å². The second-order valence-electron chi connectivity index (χ2n) is 6.96. The number of carboxylic acid groups (broad SMARTS) is 1. The topological polar surface area (TPSA) is 88.5 Å². The Hall–Kier alpha value is -3.58. The van der Waals surface area contributed by atoms with Crippen molar-refractivity contribution in [2.75, 3.05) is 13.1 Å². The third-order valence-electron chi connectivity index (χ3n) is 4.65. The van der Waals surface area contributed by atoms with Gasteiger partial charge in [-0.2, -0.15) is 0 Å². The van der Waals surface area contributed by atoms with E-state index >= 15 is 0 Å². The van der Waals surface area contributed by atoms with Crippen LogP contribution in [0.2, 0.25) is 0 Å². The fourth-order valence-corrected chi connectivity index (χ4v) is 3.12. The van der Waals surface area contributed by atoms with Crippen LogP contribution in [0.3, 0.4) is 0 Å². The van der Waals surface area contributed by atoms with Crippen LogP contribution in [0.5, 0.6) is 5.75 Å². The van der Waals surface area contributed by atoms with Gasteiger partial charge in [0.25, 0.3) is 0 Å². The molecule has 0 saturated heterocycles. The van der Waals surface area contributed by atoms with E-state index in [1.165, 1.54) is 12.1 Å². The van der Waals surface area contributed by atoms with E-state index in [0.717, 1.165) is 5.56 Å². The monoisotopic (exact) mass is 422 g/mol. The minimum absolute atomic E-state index is 0.110. The lowest BCUT2D eigenvalue weighted by molar-refractivity contribution is -0.135. The fraction of sp³-hybridized carbons (Fsp3) is 0.208. The van der Waals surface area contributed by atoms with Crippen LogP contribution < -0.4 is 10.1 Å². The smallest absolute Gasteiger partial charge is 0.317 e. The molecule has 3 rings (SSSR count). The van der Waals surface area contributed by atoms with Crippen molar-refractivity contribution < 1.29 is 23.8 Å². The Morgan fingerprint density at radius 2 is 1.77 bits per heavy atom. The van der Waals surface area contributed by atoms with Crippen LogP contribution in [0.1, 0.15) is 40.4 Å². The predicted molar refractivity (Wildman–Crippen MR) is 114 cm³/mol. The van der Waals surface area contributed by atoms with E-state index in [1.807, 2.05) is 0 Å². The Morgan fingerprint density at radius 1 is 1.03 bits per heavy atom. The van der Waals surface area contributed by atoms with Gasteiger partial charge in [-0.05, 0) is 61.3 Å². The number of aliphatic carboxylic acids is 1. The quantitative estimate of drug-likeness (QED) is 0.358. The van der Waals surface area contributed by atoms with Crippen LogP contribution in [0.4, 0.5) is 4.39 Å². The molecule has 6 nitrogen and oxygen atoms in total. The first-order chi connectivity index (χ1) is 15.0. The number of halogens is 1. The number of benzene rings is 2. The van der Waals surface area contributed by atoms with Crippen molar-refractivity contribution in [3.63, 3.8) is 0 Å². The number of aromatic nitrogens is 1. The number of rotatable bonds is 11. The summed E-state index contributed by atoms with van der Waals surface area (Å²) in [7, 11) is 0. The minimum atomic E-state index is -0.915. The van der Waals surface area contributed by atoms with Gasteiger partial charge in [0, 0.05) is 23.5 Å². The van der Waals surface area contributed by atoms with Gasteiger partial charge in [-0.25, -0.2) is 4.39 Å². The first-order valence-corrected chi connectivity index (χ1v) is 9.92. The maximum absolute atomic E-state index is 13.4. The molecule has 2 aromatic carbocycles. The van der Waals surface area contributed by atoms with Crippen molar-refractivity contribution in [1.29, 1.82) is 0 Å². The van der Waals surface area contributed by atoms with E-state index < -0.39 is 5.97 Å². The average molecular weight is 422 g/mol. The fourth-order valence-electron chi connectivity index (χ4n) is 3.12. The zero-order valence-electron chi connectivity index (χ0n) is 16.8. The highest BCUT2D eigenvalue weighted by Crippen LogP contribution is 2.27. The number of ether oxygens (including phenoxy) is 1. The highest BCUT2D eigenvalue weighted by atomic mass is 19.1. The van der Waals surface area contributed by atoms with Crippen molar-refractivity contribution in [2.24, 2.45) is 0 Å². The van der Waals surface area contributed by atoms with Crippen molar-refractivity contribution >= 4 is 11.8 Å². The number of ketones is 1. The molecule has 0 amide bonds. The lowest BCUT2D eigenvalue weighted by Gasteiger charge is -2.20. The maximum atomic E-state index is 13.4. The van der Waals surface area contributed by atoms with Gasteiger partial charge in [0.2, 0.25) is 0 Å². The van der Waals surface area contributed by atoms with Crippen LogP contribution in [0.25, 0.3) is 0 Å². The molecule has 0 radical (unpaired) electrons. The molecule has 0 bridgehead atoms. The van der Waals surface area contributed by atoms with Gasteiger partial charge in [-0.3, -0.25) is 14.6 Å². The molecule has 0 aliphatic carbocycles. The number of pyridine rings is 1. The summed E-state index contributed by atoms with van der Waals surface area (Å²) in [6, 6.07) is 16.3. The highest BCUT2D eigenvalue weighted by Gasteiger charge is 2.16. The standard InChI is InChI=1S/C24H23FN2O4/c25-20-8-6-17(7-9-20)22(5-2-12-27-16-23(28)29)31-21-4-1-3-19(15-21)24(30)18-10-13-26-14-11-18/h1,3-4,6-11,13-15,22,27H,2,5,12,16H2,(H,28,29). The van der Waals surface area contributed by atoms with E-state index in [2.05, 4.69) is 10.3 Å². The summed E-state index contributed by atoms with van der Waals surface area (Å²) >= 11 is 0. The summed E-state index contributed by atoms with van der Waals surface area (Å²) < 4.78 is 19.5. The molecule has 0 spiro atoms. The molecular formula is C24H23FN2O4. The van der Waals surface area contributed by atoms with Gasteiger partial charge in [-0.1, -0.05) is 24.3 Å². The molecule has 1 heterocycles. The Balaban J connectivity index is 1.73. The number of hydrogen-bond donors (Lipinski definition) is 2. The molecule has 2 N–H and O–H groups in total. The van der Waals surface area contributed by atoms with Crippen LogP contribution in [-0.2, 0) is 4.79 Å². The summed E-state index contributed by atoms with van der Waals surface area (Å²) in [5, 5.41) is 11.6. The van der Waals surface area contributed by atoms with Gasteiger partial charge in [-0.15, -0.1) is 0 Å². The van der Waals surface area contributed by atoms with Gasteiger partial charge < -0.3 is 15.2 Å². The SMILES string of the molecule is O=C(O)CNCCCC(Oc1cccc(C(=O)c2ccncc2)c1)c1ccc(F)cc1. The molecule has 0 saturated carbocycles. The number of nitrogens with zero attached hydrogens (tertiary/aromatic N) is 1. The number of carbonyl (C=O) groups excluding carboxylic acids is 1. The first kappa shape index (κ1) is 22.1. The molecule has 0 aliphatic rings. The summed E-state index contributed by atoms with van der Waals surface area (Å²) in [4.78, 5) is 27.3. The van der Waals surface area contributed by atoms with E-state index in [-0.39, 0.29) is 24.2 Å². The second kappa shape index (κ2) is 11.0. The lowest BCUT2D eigenvalue weighted by atomic mass is 10.0. The summed E-state index contributed by atoms with van der Waals surface area (Å²) in [5.74, 6) is -0.866. The molecule has 7 heteroatoms. The molecule has 1 aromatic heterocycles. The summed E-state index contributed by atoms with van der Waals surface area (Å²) in [6.45, 7) is 0.398. The van der Waals surface area contributed by atoms with E-state index in [4.69, 9.17) is 9.84 Å². The normalized spacial score (nSPS) is 11.6. The van der Waals surface area contributed by atoms with Gasteiger partial charge >= 0.3 is 5.97 Å². The van der Waals surface area contributed by atoms with E-state index in [1.54, 1.807) is 60.9 Å². The predicted octanol–water partition coefficient (Wildman–Crippen LogP) is 4.03. The number of nitrogens with one attached hydrogen (secondary N) is 1. The Morgan fingerprint density at radius 3 is 2.48 bits per heavy atom. The largest absolute Gasteiger partial charge is 0.486 e. The van der Waals surface area contributed by atoms with Crippen LogP contribution >= 0.6 is 0 Å². The zero-order chi connectivity index (χ0) is 22.1. The maximum Gasteiger partial charge on any atom is 0.317 e. The average Bonchev–Trinajstić information content (AvgIpc) is 2.79. The molecule has 3 aromatic rings. The molecule has 0 aliphatic heterocycles. The van der Waals surface area contributed by atoms with E-state index in [0.29, 0.717) is 36.3 Å². The molecule has 1 unspecified atom stereocenters. The number of hydrogen-bond acceptors (Lipinski definition) is 5. The van der Waals surface area contributed by atoms with Gasteiger partial charge in [0.1, 0.15) is 17.7 Å². The Kier molecular flexibility index (Phi) is 7.84. The molecule has 160 valence electrons. The number of carbonyl (C=O) groups is 2. The summed E-state index contributed by atoms with van der Waals surface area (Å²) in [6.07, 6.45) is 4.00. The molecule has 1 atom stereocenters. The molecule has 0 fully saturated rings.